The van der Waals surface area contributed by atoms with E-state index in [2.05, 4.69) is 19.9 Å². The summed E-state index contributed by atoms with van der Waals surface area (Å²) in [7, 11) is 0. The van der Waals surface area contributed by atoms with Gasteiger partial charge in [0.15, 0.2) is 5.58 Å². The molecule has 0 spiro atoms. The van der Waals surface area contributed by atoms with E-state index in [-0.39, 0.29) is 18.1 Å². The minimum Gasteiger partial charge on any atom is -0.461 e. The van der Waals surface area contributed by atoms with Gasteiger partial charge in [-0.25, -0.2) is 4.98 Å². The molecule has 0 bridgehead atoms. The highest BCUT2D eigenvalue weighted by Crippen LogP contribution is 2.28. The minimum atomic E-state index is -0.0472. The minimum absolute atomic E-state index is 0.0472. The number of nitrogens with zero attached hydrogens (tertiary/aromatic N) is 4. The van der Waals surface area contributed by atoms with E-state index in [0.29, 0.717) is 16.0 Å². The number of anilines is 1. The van der Waals surface area contributed by atoms with Crippen LogP contribution in [-0.4, -0.2) is 26.0 Å². The number of fused-ring (bicyclic) bond motifs is 1. The lowest BCUT2D eigenvalue weighted by molar-refractivity contribution is 0.219. The Bertz CT molecular complexity index is 741. The van der Waals surface area contributed by atoms with E-state index in [4.69, 9.17) is 14.9 Å². The number of para-hydroxylation sites is 2. The first kappa shape index (κ1) is 13.6. The second-order valence-electron chi connectivity index (χ2n) is 4.47. The van der Waals surface area contributed by atoms with Gasteiger partial charge >= 0.3 is 6.01 Å². The molecule has 2 aromatic heterocycles. The molecule has 2 N–H and O–H groups in total. The van der Waals surface area contributed by atoms with Gasteiger partial charge in [-0.3, -0.25) is 0 Å². The standard InChI is InChI=1S/C13H13N5O2S/c1-7(2)19-11-16-10(14)17-12(18-11)21-13-15-8-5-3-4-6-9(8)20-13/h3-7H,1-2H3,(H2,14,16,17,18). The van der Waals surface area contributed by atoms with Crippen molar-refractivity contribution in [2.24, 2.45) is 0 Å². The van der Waals surface area contributed by atoms with Crippen LogP contribution in [0.15, 0.2) is 39.1 Å². The molecule has 0 atom stereocenters. The van der Waals surface area contributed by atoms with Crippen LogP contribution in [0.1, 0.15) is 13.8 Å². The molecule has 3 rings (SSSR count). The van der Waals surface area contributed by atoms with Crippen molar-refractivity contribution in [1.29, 1.82) is 0 Å². The Morgan fingerprint density at radius 3 is 2.71 bits per heavy atom. The largest absolute Gasteiger partial charge is 0.461 e. The SMILES string of the molecule is CC(C)Oc1nc(N)nc(Sc2nc3ccccc3o2)n1. The van der Waals surface area contributed by atoms with Gasteiger partial charge in [0.05, 0.1) is 6.10 Å². The van der Waals surface area contributed by atoms with Gasteiger partial charge in [0.25, 0.3) is 5.22 Å². The smallest absolute Gasteiger partial charge is 0.322 e. The summed E-state index contributed by atoms with van der Waals surface area (Å²) >= 11 is 1.17. The molecule has 1 aromatic carbocycles. The van der Waals surface area contributed by atoms with Crippen molar-refractivity contribution < 1.29 is 9.15 Å². The summed E-state index contributed by atoms with van der Waals surface area (Å²) in [5.74, 6) is 0.0965. The predicted octanol–water partition coefficient (Wildman–Crippen LogP) is 2.53. The summed E-state index contributed by atoms with van der Waals surface area (Å²) in [5.41, 5.74) is 7.14. The van der Waals surface area contributed by atoms with E-state index in [1.165, 1.54) is 11.8 Å². The number of rotatable bonds is 4. The van der Waals surface area contributed by atoms with Crippen LogP contribution in [0.2, 0.25) is 0 Å². The Morgan fingerprint density at radius 1 is 1.14 bits per heavy atom. The average Bonchev–Trinajstić information content (AvgIpc) is 2.78. The Balaban J connectivity index is 1.88. The molecule has 0 aliphatic rings. The average molecular weight is 303 g/mol. The highest BCUT2D eigenvalue weighted by atomic mass is 32.2. The van der Waals surface area contributed by atoms with Crippen molar-refractivity contribution >= 4 is 28.8 Å². The molecule has 0 saturated carbocycles. The summed E-state index contributed by atoms with van der Waals surface area (Å²) in [5, 5.41) is 0.821. The van der Waals surface area contributed by atoms with E-state index < -0.39 is 0 Å². The van der Waals surface area contributed by atoms with Crippen molar-refractivity contribution in [3.8, 4) is 6.01 Å². The molecule has 7 nitrogen and oxygen atoms in total. The first-order chi connectivity index (χ1) is 10.1. The fraction of sp³-hybridized carbons (Fsp3) is 0.231. The first-order valence-electron chi connectivity index (χ1n) is 6.32. The van der Waals surface area contributed by atoms with Crippen molar-refractivity contribution in [3.05, 3.63) is 24.3 Å². The number of aromatic nitrogens is 4. The number of ether oxygens (including phenoxy) is 1. The van der Waals surface area contributed by atoms with Crippen LogP contribution in [0.3, 0.4) is 0 Å². The summed E-state index contributed by atoms with van der Waals surface area (Å²) in [6, 6.07) is 7.70. The molecule has 3 aromatic rings. The predicted molar refractivity (Wildman–Crippen MR) is 78.1 cm³/mol. The van der Waals surface area contributed by atoms with Crippen molar-refractivity contribution in [3.63, 3.8) is 0 Å². The van der Waals surface area contributed by atoms with E-state index in [9.17, 15) is 0 Å². The summed E-state index contributed by atoms with van der Waals surface area (Å²) in [6.45, 7) is 3.77. The second-order valence-corrected chi connectivity index (χ2v) is 5.39. The van der Waals surface area contributed by atoms with Gasteiger partial charge in [0.1, 0.15) is 5.52 Å². The molecular formula is C13H13N5O2S. The van der Waals surface area contributed by atoms with Crippen molar-refractivity contribution in [2.75, 3.05) is 5.73 Å². The van der Waals surface area contributed by atoms with E-state index in [1.54, 1.807) is 0 Å². The number of nitrogen functional groups attached to an aromatic ring is 1. The molecule has 0 aliphatic heterocycles. The lowest BCUT2D eigenvalue weighted by Crippen LogP contribution is -2.10. The Labute approximate surface area is 125 Å². The first-order valence-corrected chi connectivity index (χ1v) is 7.13. The third-order valence-electron chi connectivity index (χ3n) is 2.41. The van der Waals surface area contributed by atoms with Crippen LogP contribution >= 0.6 is 11.8 Å². The molecule has 0 aliphatic carbocycles. The van der Waals surface area contributed by atoms with Crippen LogP contribution in [-0.2, 0) is 0 Å². The zero-order valence-electron chi connectivity index (χ0n) is 11.5. The highest BCUT2D eigenvalue weighted by Gasteiger charge is 2.12. The van der Waals surface area contributed by atoms with Crippen LogP contribution in [0.4, 0.5) is 5.95 Å². The number of hydrogen-bond acceptors (Lipinski definition) is 8. The zero-order valence-corrected chi connectivity index (χ0v) is 12.3. The number of nitrogens with two attached hydrogens (primary N) is 1. The monoisotopic (exact) mass is 303 g/mol. The Morgan fingerprint density at radius 2 is 1.95 bits per heavy atom. The fourth-order valence-corrected chi connectivity index (χ4v) is 2.33. The maximum absolute atomic E-state index is 5.66. The molecule has 0 radical (unpaired) electrons. The molecule has 0 fully saturated rings. The van der Waals surface area contributed by atoms with E-state index in [1.807, 2.05) is 38.1 Å². The van der Waals surface area contributed by atoms with Crippen LogP contribution in [0.25, 0.3) is 11.1 Å². The van der Waals surface area contributed by atoms with Crippen LogP contribution < -0.4 is 10.5 Å². The molecule has 8 heteroatoms. The van der Waals surface area contributed by atoms with E-state index in [0.717, 1.165) is 5.52 Å². The van der Waals surface area contributed by atoms with Gasteiger partial charge < -0.3 is 14.9 Å². The van der Waals surface area contributed by atoms with Crippen molar-refractivity contribution in [2.45, 2.75) is 30.3 Å². The highest BCUT2D eigenvalue weighted by molar-refractivity contribution is 7.98. The number of hydrogen-bond donors (Lipinski definition) is 1. The Kier molecular flexibility index (Phi) is 3.61. The van der Waals surface area contributed by atoms with Gasteiger partial charge in [0.2, 0.25) is 11.1 Å². The third-order valence-corrected chi connectivity index (χ3v) is 3.12. The number of oxazole rings is 1. The zero-order chi connectivity index (χ0) is 14.8. The molecule has 2 heterocycles. The van der Waals surface area contributed by atoms with Gasteiger partial charge in [-0.2, -0.15) is 15.0 Å². The van der Waals surface area contributed by atoms with Gasteiger partial charge in [-0.1, -0.05) is 12.1 Å². The second kappa shape index (κ2) is 5.57. The maximum atomic E-state index is 5.66. The van der Waals surface area contributed by atoms with Crippen LogP contribution in [0.5, 0.6) is 6.01 Å². The van der Waals surface area contributed by atoms with Crippen LogP contribution in [0, 0.1) is 0 Å². The van der Waals surface area contributed by atoms with Crippen molar-refractivity contribution in [1.82, 2.24) is 19.9 Å². The Hall–Kier alpha value is -2.35. The third kappa shape index (κ3) is 3.22. The summed E-state index contributed by atoms with van der Waals surface area (Å²) in [6.07, 6.45) is -0.0472. The fourth-order valence-electron chi connectivity index (χ4n) is 1.63. The van der Waals surface area contributed by atoms with Gasteiger partial charge in [-0.05, 0) is 26.0 Å². The maximum Gasteiger partial charge on any atom is 0.322 e. The lowest BCUT2D eigenvalue weighted by atomic mass is 10.3. The molecule has 0 saturated heterocycles. The topological polar surface area (TPSA) is 100.0 Å². The van der Waals surface area contributed by atoms with Gasteiger partial charge in [0, 0.05) is 11.8 Å². The molecule has 0 unspecified atom stereocenters. The molecule has 0 amide bonds. The quantitative estimate of drug-likeness (QED) is 0.784. The normalized spacial score (nSPS) is 11.2. The molecule has 108 valence electrons. The summed E-state index contributed by atoms with van der Waals surface area (Å²) < 4.78 is 11.0. The summed E-state index contributed by atoms with van der Waals surface area (Å²) in [4.78, 5) is 16.5. The van der Waals surface area contributed by atoms with Gasteiger partial charge in [-0.15, -0.1) is 0 Å². The lowest BCUT2D eigenvalue weighted by Gasteiger charge is -2.07. The molecule has 21 heavy (non-hydrogen) atoms. The number of benzene rings is 1. The molecular weight excluding hydrogens is 290 g/mol. The van der Waals surface area contributed by atoms with E-state index >= 15 is 0 Å².